The highest BCUT2D eigenvalue weighted by Gasteiger charge is 2.10. The molecule has 0 aromatic heterocycles. The Kier molecular flexibility index (Phi) is 7.54. The molecule has 94 valence electrons. The lowest BCUT2D eigenvalue weighted by Crippen LogP contribution is -2.41. The molecule has 0 aliphatic heterocycles. The lowest BCUT2D eigenvalue weighted by atomic mass is 10.2. The summed E-state index contributed by atoms with van der Waals surface area (Å²) in [7, 11) is 0. The standard InChI is InChI=1S/C11H23N3O2/c1-4-9(12)11(16)13-6-5-10(15)14-7-8(2)3/h8-9H,4-7,12H2,1-3H3,(H,13,16)(H,14,15). The molecule has 2 amide bonds. The van der Waals surface area contributed by atoms with Gasteiger partial charge in [0.1, 0.15) is 0 Å². The lowest BCUT2D eigenvalue weighted by Gasteiger charge is -2.10. The summed E-state index contributed by atoms with van der Waals surface area (Å²) in [6.07, 6.45) is 0.903. The van der Waals surface area contributed by atoms with Gasteiger partial charge in [-0.1, -0.05) is 20.8 Å². The Morgan fingerprint density at radius 2 is 1.88 bits per heavy atom. The highest BCUT2D eigenvalue weighted by Crippen LogP contribution is 1.89. The van der Waals surface area contributed by atoms with E-state index < -0.39 is 6.04 Å². The molecule has 0 aliphatic carbocycles. The molecule has 4 N–H and O–H groups in total. The van der Waals surface area contributed by atoms with E-state index >= 15 is 0 Å². The van der Waals surface area contributed by atoms with Crippen LogP contribution in [0.2, 0.25) is 0 Å². The molecule has 0 bridgehead atoms. The van der Waals surface area contributed by atoms with Gasteiger partial charge in [-0.25, -0.2) is 0 Å². The zero-order valence-electron chi connectivity index (χ0n) is 10.4. The van der Waals surface area contributed by atoms with Gasteiger partial charge in [0, 0.05) is 19.5 Å². The van der Waals surface area contributed by atoms with E-state index in [0.717, 1.165) is 0 Å². The molecule has 0 rings (SSSR count). The summed E-state index contributed by atoms with van der Waals surface area (Å²) in [4.78, 5) is 22.5. The molecule has 5 nitrogen and oxygen atoms in total. The highest BCUT2D eigenvalue weighted by molar-refractivity contribution is 5.82. The van der Waals surface area contributed by atoms with E-state index in [-0.39, 0.29) is 11.8 Å². The Morgan fingerprint density at radius 3 is 2.38 bits per heavy atom. The number of carbonyl (C=O) groups excluding carboxylic acids is 2. The van der Waals surface area contributed by atoms with Crippen molar-refractivity contribution >= 4 is 11.8 Å². The molecular weight excluding hydrogens is 206 g/mol. The predicted octanol–water partition coefficient (Wildman–Crippen LogP) is 0.00220. The van der Waals surface area contributed by atoms with E-state index in [4.69, 9.17) is 5.73 Å². The minimum atomic E-state index is -0.473. The average molecular weight is 229 g/mol. The van der Waals surface area contributed by atoms with Crippen molar-refractivity contribution in [1.29, 1.82) is 0 Å². The van der Waals surface area contributed by atoms with Gasteiger partial charge in [-0.15, -0.1) is 0 Å². The summed E-state index contributed by atoms with van der Waals surface area (Å²) in [6, 6.07) is -0.473. The monoisotopic (exact) mass is 229 g/mol. The molecule has 16 heavy (non-hydrogen) atoms. The molecule has 0 aromatic carbocycles. The predicted molar refractivity (Wildman–Crippen MR) is 63.7 cm³/mol. The fourth-order valence-corrected chi connectivity index (χ4v) is 1.02. The molecule has 0 heterocycles. The molecule has 1 atom stereocenters. The van der Waals surface area contributed by atoms with Crippen molar-refractivity contribution in [1.82, 2.24) is 10.6 Å². The van der Waals surface area contributed by atoms with Crippen LogP contribution in [-0.2, 0) is 9.59 Å². The molecule has 5 heteroatoms. The average Bonchev–Trinajstić information content (AvgIpc) is 2.24. The maximum atomic E-state index is 11.3. The quantitative estimate of drug-likeness (QED) is 0.574. The highest BCUT2D eigenvalue weighted by atomic mass is 16.2. The van der Waals surface area contributed by atoms with E-state index in [9.17, 15) is 9.59 Å². The van der Waals surface area contributed by atoms with Gasteiger partial charge < -0.3 is 16.4 Å². The number of nitrogens with one attached hydrogen (secondary N) is 2. The zero-order valence-corrected chi connectivity index (χ0v) is 10.4. The Labute approximate surface area is 97.2 Å². The van der Waals surface area contributed by atoms with Crippen LogP contribution in [0.4, 0.5) is 0 Å². The van der Waals surface area contributed by atoms with Gasteiger partial charge in [-0.2, -0.15) is 0 Å². The summed E-state index contributed by atoms with van der Waals surface area (Å²) in [5, 5.41) is 5.40. The maximum Gasteiger partial charge on any atom is 0.236 e. The van der Waals surface area contributed by atoms with Crippen LogP contribution in [-0.4, -0.2) is 30.9 Å². The molecule has 0 fully saturated rings. The second-order valence-corrected chi connectivity index (χ2v) is 4.25. The Hall–Kier alpha value is -1.10. The third-order valence-electron chi connectivity index (χ3n) is 2.14. The van der Waals surface area contributed by atoms with Crippen molar-refractivity contribution in [3.05, 3.63) is 0 Å². The fraction of sp³-hybridized carbons (Fsp3) is 0.818. The number of rotatable bonds is 7. The van der Waals surface area contributed by atoms with E-state index in [1.165, 1.54) is 0 Å². The summed E-state index contributed by atoms with van der Waals surface area (Å²) in [5.41, 5.74) is 5.52. The summed E-state index contributed by atoms with van der Waals surface area (Å²) < 4.78 is 0. The first-order chi connectivity index (χ1) is 7.47. The van der Waals surface area contributed by atoms with Gasteiger partial charge in [0.15, 0.2) is 0 Å². The molecule has 0 aliphatic rings. The first kappa shape index (κ1) is 14.9. The molecule has 0 radical (unpaired) electrons. The van der Waals surface area contributed by atoms with Gasteiger partial charge in [0.05, 0.1) is 6.04 Å². The van der Waals surface area contributed by atoms with Crippen molar-refractivity contribution in [2.24, 2.45) is 11.7 Å². The number of carbonyl (C=O) groups is 2. The van der Waals surface area contributed by atoms with Gasteiger partial charge in [0.25, 0.3) is 0 Å². The topological polar surface area (TPSA) is 84.2 Å². The first-order valence-electron chi connectivity index (χ1n) is 5.77. The van der Waals surface area contributed by atoms with Gasteiger partial charge in [0.2, 0.25) is 11.8 Å². The third kappa shape index (κ3) is 7.23. The number of nitrogens with two attached hydrogens (primary N) is 1. The Morgan fingerprint density at radius 1 is 1.25 bits per heavy atom. The van der Waals surface area contributed by atoms with E-state index in [1.54, 1.807) is 0 Å². The molecule has 1 unspecified atom stereocenters. The molecule has 0 spiro atoms. The fourth-order valence-electron chi connectivity index (χ4n) is 1.02. The van der Waals surface area contributed by atoms with Crippen molar-refractivity contribution < 1.29 is 9.59 Å². The van der Waals surface area contributed by atoms with Gasteiger partial charge >= 0.3 is 0 Å². The normalized spacial score (nSPS) is 12.3. The van der Waals surface area contributed by atoms with Crippen molar-refractivity contribution in [3.63, 3.8) is 0 Å². The third-order valence-corrected chi connectivity index (χ3v) is 2.14. The van der Waals surface area contributed by atoms with E-state index in [1.807, 2.05) is 20.8 Å². The van der Waals surface area contributed by atoms with Crippen LogP contribution in [0, 0.1) is 5.92 Å². The zero-order chi connectivity index (χ0) is 12.6. The summed E-state index contributed by atoms with van der Waals surface area (Å²) >= 11 is 0. The smallest absolute Gasteiger partial charge is 0.236 e. The van der Waals surface area contributed by atoms with Crippen LogP contribution in [0.3, 0.4) is 0 Å². The number of hydrogen-bond acceptors (Lipinski definition) is 3. The maximum absolute atomic E-state index is 11.3. The van der Waals surface area contributed by atoms with Crippen LogP contribution >= 0.6 is 0 Å². The second-order valence-electron chi connectivity index (χ2n) is 4.25. The summed E-state index contributed by atoms with van der Waals surface area (Å²) in [5.74, 6) is 0.199. The van der Waals surface area contributed by atoms with Crippen LogP contribution in [0.5, 0.6) is 0 Å². The second kappa shape index (κ2) is 8.10. The largest absolute Gasteiger partial charge is 0.356 e. The van der Waals surface area contributed by atoms with Crippen LogP contribution in [0.1, 0.15) is 33.6 Å². The van der Waals surface area contributed by atoms with Crippen LogP contribution in [0.15, 0.2) is 0 Å². The van der Waals surface area contributed by atoms with Crippen molar-refractivity contribution in [2.75, 3.05) is 13.1 Å². The Balaban J connectivity index is 3.58. The number of hydrogen-bond donors (Lipinski definition) is 3. The van der Waals surface area contributed by atoms with Gasteiger partial charge in [-0.3, -0.25) is 9.59 Å². The van der Waals surface area contributed by atoms with Crippen LogP contribution < -0.4 is 16.4 Å². The van der Waals surface area contributed by atoms with E-state index in [0.29, 0.717) is 31.8 Å². The summed E-state index contributed by atoms with van der Waals surface area (Å²) in [6.45, 7) is 6.92. The number of amides is 2. The van der Waals surface area contributed by atoms with E-state index in [2.05, 4.69) is 10.6 Å². The van der Waals surface area contributed by atoms with Crippen molar-refractivity contribution in [2.45, 2.75) is 39.7 Å². The molecule has 0 saturated heterocycles. The minimum absolute atomic E-state index is 0.0425. The van der Waals surface area contributed by atoms with Gasteiger partial charge in [-0.05, 0) is 12.3 Å². The lowest BCUT2D eigenvalue weighted by molar-refractivity contribution is -0.123. The Bertz CT molecular complexity index is 229. The minimum Gasteiger partial charge on any atom is -0.356 e. The molecular formula is C11H23N3O2. The SMILES string of the molecule is CCC(N)C(=O)NCCC(=O)NCC(C)C. The molecule has 0 saturated carbocycles. The van der Waals surface area contributed by atoms with Crippen LogP contribution in [0.25, 0.3) is 0 Å². The first-order valence-corrected chi connectivity index (χ1v) is 5.77. The molecule has 0 aromatic rings. The van der Waals surface area contributed by atoms with Crippen molar-refractivity contribution in [3.8, 4) is 0 Å².